The molecule has 2 rings (SSSR count). The zero-order valence-corrected chi connectivity index (χ0v) is 9.25. The summed E-state index contributed by atoms with van der Waals surface area (Å²) in [6.45, 7) is 0. The molecule has 1 saturated carbocycles. The summed E-state index contributed by atoms with van der Waals surface area (Å²) in [4.78, 5) is 0. The molecule has 0 amide bonds. The lowest BCUT2D eigenvalue weighted by atomic mass is 10.2. The van der Waals surface area contributed by atoms with Gasteiger partial charge in [-0.2, -0.15) is 5.26 Å². The van der Waals surface area contributed by atoms with Crippen molar-refractivity contribution in [3.63, 3.8) is 0 Å². The number of nitrogens with zero attached hydrogens (tertiary/aromatic N) is 1. The lowest BCUT2D eigenvalue weighted by molar-refractivity contribution is 0.301. The van der Waals surface area contributed by atoms with Crippen LogP contribution in [-0.2, 0) is 6.42 Å². The molecule has 2 nitrogen and oxygen atoms in total. The fourth-order valence-corrected chi connectivity index (χ4v) is 1.73. The van der Waals surface area contributed by atoms with E-state index in [2.05, 4.69) is 22.0 Å². The first-order valence-electron chi connectivity index (χ1n) is 4.61. The molecule has 0 aliphatic heterocycles. The second-order valence-corrected chi connectivity index (χ2v) is 4.27. The van der Waals surface area contributed by atoms with Gasteiger partial charge in [0.15, 0.2) is 0 Å². The highest BCUT2D eigenvalue weighted by atomic mass is 79.9. The van der Waals surface area contributed by atoms with Crippen molar-refractivity contribution >= 4 is 15.9 Å². The first kappa shape index (κ1) is 9.54. The summed E-state index contributed by atoms with van der Waals surface area (Å²) in [6, 6.07) is 7.93. The molecule has 1 aliphatic rings. The van der Waals surface area contributed by atoms with E-state index in [4.69, 9.17) is 10.00 Å². The number of rotatable bonds is 3. The highest BCUT2D eigenvalue weighted by molar-refractivity contribution is 9.10. The van der Waals surface area contributed by atoms with Crippen LogP contribution in [0.1, 0.15) is 18.4 Å². The lowest BCUT2D eigenvalue weighted by Gasteiger charge is -2.07. The first-order valence-corrected chi connectivity index (χ1v) is 5.41. The number of benzene rings is 1. The van der Waals surface area contributed by atoms with Gasteiger partial charge in [0.25, 0.3) is 0 Å². The number of halogens is 1. The van der Waals surface area contributed by atoms with Crippen molar-refractivity contribution in [2.75, 3.05) is 0 Å². The van der Waals surface area contributed by atoms with Crippen molar-refractivity contribution in [3.05, 3.63) is 28.2 Å². The maximum Gasteiger partial charge on any atom is 0.133 e. The average Bonchev–Trinajstić information content (AvgIpc) is 2.94. The van der Waals surface area contributed by atoms with Gasteiger partial charge in [0.1, 0.15) is 5.75 Å². The van der Waals surface area contributed by atoms with Crippen LogP contribution in [0.3, 0.4) is 0 Å². The highest BCUT2D eigenvalue weighted by Crippen LogP contribution is 2.32. The van der Waals surface area contributed by atoms with Gasteiger partial charge in [0.05, 0.1) is 23.1 Å². The van der Waals surface area contributed by atoms with Crippen molar-refractivity contribution < 1.29 is 4.74 Å². The Morgan fingerprint density at radius 1 is 1.50 bits per heavy atom. The van der Waals surface area contributed by atoms with Gasteiger partial charge in [-0.3, -0.25) is 0 Å². The number of hydrogen-bond acceptors (Lipinski definition) is 2. The molecule has 0 radical (unpaired) electrons. The molecular weight excluding hydrogens is 242 g/mol. The Morgan fingerprint density at radius 2 is 2.29 bits per heavy atom. The van der Waals surface area contributed by atoms with E-state index in [9.17, 15) is 0 Å². The molecule has 0 saturated heterocycles. The normalized spacial score (nSPS) is 14.9. The van der Waals surface area contributed by atoms with E-state index in [0.29, 0.717) is 12.5 Å². The van der Waals surface area contributed by atoms with Crippen LogP contribution < -0.4 is 4.74 Å². The molecule has 0 aromatic heterocycles. The second kappa shape index (κ2) is 4.02. The Balaban J connectivity index is 2.13. The Hall–Kier alpha value is -1.01. The molecule has 1 aromatic rings. The van der Waals surface area contributed by atoms with Gasteiger partial charge >= 0.3 is 0 Å². The predicted octanol–water partition coefficient (Wildman–Crippen LogP) is 3.06. The van der Waals surface area contributed by atoms with E-state index in [-0.39, 0.29) is 0 Å². The van der Waals surface area contributed by atoms with E-state index < -0.39 is 0 Å². The van der Waals surface area contributed by atoms with Gasteiger partial charge in [-0.15, -0.1) is 0 Å². The van der Waals surface area contributed by atoms with Gasteiger partial charge in [-0.25, -0.2) is 0 Å². The van der Waals surface area contributed by atoms with Crippen molar-refractivity contribution in [3.8, 4) is 11.8 Å². The predicted molar refractivity (Wildman–Crippen MR) is 57.1 cm³/mol. The Kier molecular flexibility index (Phi) is 2.74. The standard InChI is InChI=1S/C11H10BrNO/c12-10-7-8(5-6-13)1-4-11(10)14-9-2-3-9/h1,4,7,9H,2-3,5H2. The molecule has 0 N–H and O–H groups in total. The third kappa shape index (κ3) is 2.27. The molecule has 0 unspecified atom stereocenters. The zero-order valence-electron chi connectivity index (χ0n) is 7.66. The van der Waals surface area contributed by atoms with Crippen molar-refractivity contribution in [2.45, 2.75) is 25.4 Å². The molecule has 3 heteroatoms. The summed E-state index contributed by atoms with van der Waals surface area (Å²) in [5.41, 5.74) is 1.02. The Labute approximate surface area is 91.6 Å². The van der Waals surface area contributed by atoms with E-state index in [1.807, 2.05) is 18.2 Å². The van der Waals surface area contributed by atoms with E-state index in [0.717, 1.165) is 28.6 Å². The minimum atomic E-state index is 0.410. The molecular formula is C11H10BrNO. The summed E-state index contributed by atoms with van der Waals surface area (Å²) >= 11 is 3.44. The quantitative estimate of drug-likeness (QED) is 0.828. The van der Waals surface area contributed by atoms with Gasteiger partial charge in [-0.05, 0) is 46.5 Å². The molecule has 0 heterocycles. The van der Waals surface area contributed by atoms with E-state index in [1.54, 1.807) is 0 Å². The van der Waals surface area contributed by atoms with Crippen LogP contribution >= 0.6 is 15.9 Å². The fourth-order valence-electron chi connectivity index (χ4n) is 1.21. The summed E-state index contributed by atoms with van der Waals surface area (Å²) in [5.74, 6) is 0.884. The highest BCUT2D eigenvalue weighted by Gasteiger charge is 2.24. The number of nitriles is 1. The second-order valence-electron chi connectivity index (χ2n) is 3.42. The molecule has 14 heavy (non-hydrogen) atoms. The monoisotopic (exact) mass is 251 g/mol. The number of ether oxygens (including phenoxy) is 1. The first-order chi connectivity index (χ1) is 6.79. The molecule has 72 valence electrons. The molecule has 1 fully saturated rings. The van der Waals surface area contributed by atoms with E-state index in [1.165, 1.54) is 0 Å². The maximum absolute atomic E-state index is 8.54. The summed E-state index contributed by atoms with van der Waals surface area (Å²) in [7, 11) is 0. The average molecular weight is 252 g/mol. The third-order valence-corrected chi connectivity index (χ3v) is 2.72. The minimum absolute atomic E-state index is 0.410. The van der Waals surface area contributed by atoms with Gasteiger partial charge in [0.2, 0.25) is 0 Å². The van der Waals surface area contributed by atoms with Gasteiger partial charge in [0, 0.05) is 0 Å². The van der Waals surface area contributed by atoms with Gasteiger partial charge < -0.3 is 4.74 Å². The van der Waals surface area contributed by atoms with E-state index >= 15 is 0 Å². The molecule has 0 bridgehead atoms. The maximum atomic E-state index is 8.54. The van der Waals surface area contributed by atoms with Crippen LogP contribution in [-0.4, -0.2) is 6.10 Å². The van der Waals surface area contributed by atoms with Crippen molar-refractivity contribution in [1.82, 2.24) is 0 Å². The Morgan fingerprint density at radius 3 is 2.86 bits per heavy atom. The Bertz CT molecular complexity index is 379. The SMILES string of the molecule is N#CCc1ccc(OC2CC2)c(Br)c1. The van der Waals surface area contributed by atoms with Crippen LogP contribution in [0, 0.1) is 11.3 Å². The van der Waals surface area contributed by atoms with Crippen molar-refractivity contribution in [1.29, 1.82) is 5.26 Å². The lowest BCUT2D eigenvalue weighted by Crippen LogP contribution is -1.96. The molecule has 0 atom stereocenters. The topological polar surface area (TPSA) is 33.0 Å². The van der Waals surface area contributed by atoms with Crippen molar-refractivity contribution in [2.24, 2.45) is 0 Å². The summed E-state index contributed by atoms with van der Waals surface area (Å²) < 4.78 is 6.60. The third-order valence-electron chi connectivity index (χ3n) is 2.10. The van der Waals surface area contributed by atoms with Gasteiger partial charge in [-0.1, -0.05) is 6.07 Å². The molecule has 0 spiro atoms. The molecule has 1 aromatic carbocycles. The van der Waals surface area contributed by atoms with Crippen LogP contribution in [0.5, 0.6) is 5.75 Å². The largest absolute Gasteiger partial charge is 0.489 e. The fraction of sp³-hybridized carbons (Fsp3) is 0.364. The molecule has 1 aliphatic carbocycles. The zero-order chi connectivity index (χ0) is 9.97. The summed E-state index contributed by atoms with van der Waals surface area (Å²) in [5, 5.41) is 8.54. The minimum Gasteiger partial charge on any atom is -0.489 e. The van der Waals surface area contributed by atoms with Crippen LogP contribution in [0.15, 0.2) is 22.7 Å². The van der Waals surface area contributed by atoms with Crippen LogP contribution in [0.4, 0.5) is 0 Å². The van der Waals surface area contributed by atoms with Crippen LogP contribution in [0.25, 0.3) is 0 Å². The number of hydrogen-bond donors (Lipinski definition) is 0. The van der Waals surface area contributed by atoms with Crippen LogP contribution in [0.2, 0.25) is 0 Å². The summed E-state index contributed by atoms with van der Waals surface area (Å²) in [6.07, 6.45) is 3.18. The smallest absolute Gasteiger partial charge is 0.133 e.